The molecule has 2 aromatic rings. The van der Waals surface area contributed by atoms with Crippen LogP contribution in [0.15, 0.2) is 12.1 Å². The number of nitrogens with zero attached hydrogens (tertiary/aromatic N) is 1. The average molecular weight is 274 g/mol. The summed E-state index contributed by atoms with van der Waals surface area (Å²) in [5.41, 5.74) is 10.1. The molecule has 0 aliphatic carbocycles. The number of carboxylic acid groups (broad SMARTS) is 1. The number of nitrogens with two attached hydrogens (primary N) is 1. The lowest BCUT2D eigenvalue weighted by Crippen LogP contribution is -2.05. The molecule has 0 amide bonds. The summed E-state index contributed by atoms with van der Waals surface area (Å²) in [7, 11) is 0. The highest BCUT2D eigenvalue weighted by molar-refractivity contribution is 6.05. The van der Waals surface area contributed by atoms with Crippen LogP contribution in [0.4, 0.5) is 0 Å². The summed E-state index contributed by atoms with van der Waals surface area (Å²) in [6.07, 6.45) is 1.81. The molecule has 0 atom stereocenters. The first-order valence-electron chi connectivity index (χ1n) is 7.07. The molecule has 0 bridgehead atoms. The van der Waals surface area contributed by atoms with Crippen LogP contribution in [0.3, 0.4) is 0 Å². The van der Waals surface area contributed by atoms with Crippen LogP contribution in [0.1, 0.15) is 40.5 Å². The number of aromatic nitrogens is 1. The van der Waals surface area contributed by atoms with Gasteiger partial charge in [-0.3, -0.25) is 0 Å². The molecule has 108 valence electrons. The van der Waals surface area contributed by atoms with E-state index < -0.39 is 5.97 Å². The number of benzene rings is 1. The first-order chi connectivity index (χ1) is 9.52. The van der Waals surface area contributed by atoms with Gasteiger partial charge in [0, 0.05) is 17.6 Å². The van der Waals surface area contributed by atoms with E-state index >= 15 is 0 Å². The SMILES string of the molecule is CCn1c(C)c(CCCN)c2ccc(C)c(C(=O)O)c21. The van der Waals surface area contributed by atoms with E-state index in [9.17, 15) is 9.90 Å². The zero-order valence-corrected chi connectivity index (χ0v) is 12.4. The lowest BCUT2D eigenvalue weighted by Gasteiger charge is -2.08. The van der Waals surface area contributed by atoms with Crippen molar-refractivity contribution >= 4 is 16.9 Å². The molecule has 4 heteroatoms. The fourth-order valence-electron chi connectivity index (χ4n) is 3.00. The average Bonchev–Trinajstić information content (AvgIpc) is 2.67. The van der Waals surface area contributed by atoms with Gasteiger partial charge in [-0.2, -0.15) is 0 Å². The molecule has 0 saturated carbocycles. The maximum absolute atomic E-state index is 11.6. The fraction of sp³-hybridized carbons (Fsp3) is 0.438. The molecule has 1 aromatic heterocycles. The Labute approximate surface area is 119 Å². The number of carboxylic acids is 1. The summed E-state index contributed by atoms with van der Waals surface area (Å²) >= 11 is 0. The molecule has 20 heavy (non-hydrogen) atoms. The van der Waals surface area contributed by atoms with Gasteiger partial charge < -0.3 is 15.4 Å². The van der Waals surface area contributed by atoms with Crippen LogP contribution in [0.2, 0.25) is 0 Å². The molecule has 0 saturated heterocycles. The van der Waals surface area contributed by atoms with Crippen LogP contribution in [-0.2, 0) is 13.0 Å². The van der Waals surface area contributed by atoms with Crippen molar-refractivity contribution in [2.24, 2.45) is 5.73 Å². The Morgan fingerprint density at radius 2 is 2.05 bits per heavy atom. The Kier molecular flexibility index (Phi) is 4.14. The number of hydrogen-bond donors (Lipinski definition) is 2. The maximum atomic E-state index is 11.6. The molecule has 2 rings (SSSR count). The number of carbonyl (C=O) groups is 1. The van der Waals surface area contributed by atoms with Crippen LogP contribution in [0, 0.1) is 13.8 Å². The van der Waals surface area contributed by atoms with Crippen LogP contribution in [-0.4, -0.2) is 22.2 Å². The van der Waals surface area contributed by atoms with E-state index in [0.717, 1.165) is 41.5 Å². The van der Waals surface area contributed by atoms with Crippen molar-refractivity contribution in [1.29, 1.82) is 0 Å². The van der Waals surface area contributed by atoms with E-state index in [0.29, 0.717) is 12.1 Å². The Hall–Kier alpha value is -1.81. The van der Waals surface area contributed by atoms with Gasteiger partial charge in [-0.15, -0.1) is 0 Å². The highest BCUT2D eigenvalue weighted by Gasteiger charge is 2.20. The van der Waals surface area contributed by atoms with Gasteiger partial charge in [0.2, 0.25) is 0 Å². The van der Waals surface area contributed by atoms with E-state index in [1.807, 2.05) is 26.0 Å². The third-order valence-corrected chi connectivity index (χ3v) is 3.98. The second-order valence-electron chi connectivity index (χ2n) is 5.16. The number of rotatable bonds is 5. The van der Waals surface area contributed by atoms with E-state index in [4.69, 9.17) is 5.73 Å². The topological polar surface area (TPSA) is 68.2 Å². The van der Waals surface area contributed by atoms with Crippen LogP contribution in [0.25, 0.3) is 10.9 Å². The molecule has 1 aromatic carbocycles. The normalized spacial score (nSPS) is 11.2. The van der Waals surface area contributed by atoms with Gasteiger partial charge in [-0.05, 0) is 51.3 Å². The first kappa shape index (κ1) is 14.6. The predicted octanol–water partition coefficient (Wildman–Crippen LogP) is 2.87. The van der Waals surface area contributed by atoms with Gasteiger partial charge >= 0.3 is 5.97 Å². The monoisotopic (exact) mass is 274 g/mol. The molecule has 3 N–H and O–H groups in total. The molecule has 0 aliphatic heterocycles. The van der Waals surface area contributed by atoms with Crippen molar-refractivity contribution in [2.45, 2.75) is 40.2 Å². The van der Waals surface area contributed by atoms with Crippen LogP contribution in [0.5, 0.6) is 0 Å². The molecule has 1 heterocycles. The van der Waals surface area contributed by atoms with Crippen LogP contribution >= 0.6 is 0 Å². The fourth-order valence-corrected chi connectivity index (χ4v) is 3.00. The Bertz CT molecular complexity index is 656. The second kappa shape index (κ2) is 5.67. The van der Waals surface area contributed by atoms with Crippen molar-refractivity contribution in [3.8, 4) is 0 Å². The van der Waals surface area contributed by atoms with E-state index in [2.05, 4.69) is 11.5 Å². The van der Waals surface area contributed by atoms with E-state index in [1.165, 1.54) is 5.56 Å². The van der Waals surface area contributed by atoms with Crippen molar-refractivity contribution < 1.29 is 9.90 Å². The molecule has 0 unspecified atom stereocenters. The molecule has 0 aliphatic rings. The zero-order chi connectivity index (χ0) is 14.9. The minimum atomic E-state index is -0.856. The number of hydrogen-bond acceptors (Lipinski definition) is 2. The molecular weight excluding hydrogens is 252 g/mol. The standard InChI is InChI=1S/C16H22N2O2/c1-4-18-11(3)12(6-5-9-17)13-8-7-10(2)14(15(13)18)16(19)20/h7-8H,4-6,9,17H2,1-3H3,(H,19,20). The summed E-state index contributed by atoms with van der Waals surface area (Å²) < 4.78 is 2.11. The second-order valence-corrected chi connectivity index (χ2v) is 5.16. The van der Waals surface area contributed by atoms with Gasteiger partial charge in [0.05, 0.1) is 11.1 Å². The number of fused-ring (bicyclic) bond motifs is 1. The van der Waals surface area contributed by atoms with Crippen LogP contribution < -0.4 is 5.73 Å². The number of aromatic carboxylic acids is 1. The molecule has 4 nitrogen and oxygen atoms in total. The quantitative estimate of drug-likeness (QED) is 0.881. The van der Waals surface area contributed by atoms with Gasteiger partial charge in [0.15, 0.2) is 0 Å². The summed E-state index contributed by atoms with van der Waals surface area (Å²) in [5, 5.41) is 10.6. The third-order valence-electron chi connectivity index (χ3n) is 3.98. The molecule has 0 fully saturated rings. The van der Waals surface area contributed by atoms with Crippen molar-refractivity contribution in [1.82, 2.24) is 4.57 Å². The zero-order valence-electron chi connectivity index (χ0n) is 12.4. The Morgan fingerprint density at radius 1 is 1.35 bits per heavy atom. The highest BCUT2D eigenvalue weighted by Crippen LogP contribution is 2.31. The first-order valence-corrected chi connectivity index (χ1v) is 7.07. The van der Waals surface area contributed by atoms with Gasteiger partial charge in [-0.25, -0.2) is 4.79 Å². The summed E-state index contributed by atoms with van der Waals surface area (Å²) in [4.78, 5) is 11.6. The van der Waals surface area contributed by atoms with Gasteiger partial charge in [0.1, 0.15) is 0 Å². The van der Waals surface area contributed by atoms with Crippen molar-refractivity contribution in [3.63, 3.8) is 0 Å². The minimum absolute atomic E-state index is 0.423. The number of aryl methyl sites for hydroxylation is 3. The van der Waals surface area contributed by atoms with Gasteiger partial charge in [0.25, 0.3) is 0 Å². The predicted molar refractivity (Wildman–Crippen MR) is 81.4 cm³/mol. The molecular formula is C16H22N2O2. The largest absolute Gasteiger partial charge is 0.478 e. The highest BCUT2D eigenvalue weighted by atomic mass is 16.4. The smallest absolute Gasteiger partial charge is 0.338 e. The molecule has 0 spiro atoms. The third kappa shape index (κ3) is 2.20. The van der Waals surface area contributed by atoms with Crippen molar-refractivity contribution in [3.05, 3.63) is 34.5 Å². The summed E-state index contributed by atoms with van der Waals surface area (Å²) in [5.74, 6) is -0.856. The van der Waals surface area contributed by atoms with Gasteiger partial charge in [-0.1, -0.05) is 12.1 Å². The Morgan fingerprint density at radius 3 is 2.60 bits per heavy atom. The van der Waals surface area contributed by atoms with E-state index in [-0.39, 0.29) is 0 Å². The van der Waals surface area contributed by atoms with E-state index in [1.54, 1.807) is 0 Å². The summed E-state index contributed by atoms with van der Waals surface area (Å²) in [6, 6.07) is 3.94. The maximum Gasteiger partial charge on any atom is 0.338 e. The molecule has 0 radical (unpaired) electrons. The van der Waals surface area contributed by atoms with Crippen molar-refractivity contribution in [2.75, 3.05) is 6.54 Å². The Balaban J connectivity index is 2.82. The summed E-state index contributed by atoms with van der Waals surface area (Å²) in [6.45, 7) is 7.39. The lowest BCUT2D eigenvalue weighted by molar-refractivity contribution is 0.0698. The minimum Gasteiger partial charge on any atom is -0.478 e. The lowest BCUT2D eigenvalue weighted by atomic mass is 10.0.